The molecule has 0 atom stereocenters. The molecule has 1 aliphatic heterocycles. The molecule has 1 N–H and O–H groups in total. The molecule has 42 heavy (non-hydrogen) atoms. The minimum absolute atomic E-state index is 0.0774. The van der Waals surface area contributed by atoms with Crippen LogP contribution in [0.2, 0.25) is 0 Å². The second-order valence-corrected chi connectivity index (χ2v) is 11.6. The van der Waals surface area contributed by atoms with Crippen molar-refractivity contribution in [3.05, 3.63) is 94.9 Å². The zero-order chi connectivity index (χ0) is 29.2. The predicted molar refractivity (Wildman–Crippen MR) is 167 cm³/mol. The Hall–Kier alpha value is -4.19. The van der Waals surface area contributed by atoms with Crippen LogP contribution in [0.3, 0.4) is 0 Å². The fourth-order valence-electron chi connectivity index (χ4n) is 6.51. The molecule has 216 valence electrons. The Kier molecular flexibility index (Phi) is 7.96. The molecule has 0 radical (unpaired) electrons. The lowest BCUT2D eigenvalue weighted by molar-refractivity contribution is -0.117. The smallest absolute Gasteiger partial charge is 0.255 e. The van der Waals surface area contributed by atoms with Gasteiger partial charge in [0.1, 0.15) is 17.2 Å². The number of carbonyl (C=O) groups is 2. The Balaban J connectivity index is 1.55. The minimum Gasteiger partial charge on any atom is -0.455 e. The van der Waals surface area contributed by atoms with E-state index in [2.05, 4.69) is 42.6 Å². The second kappa shape index (κ2) is 12.0. The number of carbonyl (C=O) groups excluding carboxylic acids is 2. The number of fused-ring (bicyclic) bond motifs is 1. The van der Waals surface area contributed by atoms with Crippen molar-refractivity contribution in [1.82, 2.24) is 5.32 Å². The van der Waals surface area contributed by atoms with Gasteiger partial charge >= 0.3 is 0 Å². The van der Waals surface area contributed by atoms with Gasteiger partial charge in [-0.1, -0.05) is 61.6 Å². The van der Waals surface area contributed by atoms with Gasteiger partial charge in [0.05, 0.1) is 11.3 Å². The summed E-state index contributed by atoms with van der Waals surface area (Å²) >= 11 is 0. The van der Waals surface area contributed by atoms with E-state index >= 15 is 0 Å². The maximum atomic E-state index is 13.7. The largest absolute Gasteiger partial charge is 0.455 e. The summed E-state index contributed by atoms with van der Waals surface area (Å²) in [7, 11) is 1.59. The highest BCUT2D eigenvalue weighted by Gasteiger charge is 2.29. The van der Waals surface area contributed by atoms with Gasteiger partial charge in [0.15, 0.2) is 0 Å². The third-order valence-corrected chi connectivity index (χ3v) is 8.74. The summed E-state index contributed by atoms with van der Waals surface area (Å²) < 4.78 is 20.1. The van der Waals surface area contributed by atoms with Crippen LogP contribution in [0, 0.1) is 11.7 Å². The van der Waals surface area contributed by atoms with Crippen LogP contribution in [0.25, 0.3) is 27.9 Å². The van der Waals surface area contributed by atoms with Gasteiger partial charge in [-0.15, -0.1) is 0 Å². The predicted octanol–water partition coefficient (Wildman–Crippen LogP) is 8.52. The van der Waals surface area contributed by atoms with Gasteiger partial charge in [0.2, 0.25) is 5.91 Å². The molecule has 3 aliphatic rings. The van der Waals surface area contributed by atoms with Crippen molar-refractivity contribution in [1.29, 1.82) is 0 Å². The summed E-state index contributed by atoms with van der Waals surface area (Å²) in [5.74, 6) is 0.337. The topological polar surface area (TPSA) is 62.6 Å². The maximum absolute atomic E-state index is 13.7. The highest BCUT2D eigenvalue weighted by atomic mass is 19.1. The third kappa shape index (κ3) is 5.50. The molecule has 5 nitrogen and oxygen atoms in total. The Morgan fingerprint density at radius 3 is 2.45 bits per heavy atom. The van der Waals surface area contributed by atoms with Crippen LogP contribution >= 0.6 is 0 Å². The highest BCUT2D eigenvalue weighted by Crippen LogP contribution is 2.41. The van der Waals surface area contributed by atoms with Crippen molar-refractivity contribution in [2.75, 3.05) is 18.5 Å². The molecule has 6 heteroatoms. The summed E-state index contributed by atoms with van der Waals surface area (Å²) in [5, 5.41) is 3.39. The lowest BCUT2D eigenvalue weighted by atomic mass is 9.88. The van der Waals surface area contributed by atoms with E-state index in [1.807, 2.05) is 17.0 Å². The monoisotopic (exact) mass is 564 g/mol. The third-order valence-electron chi connectivity index (χ3n) is 8.74. The minimum atomic E-state index is -0.364. The van der Waals surface area contributed by atoms with E-state index in [0.717, 1.165) is 23.2 Å². The molecule has 0 bridgehead atoms. The molecule has 2 fully saturated rings. The molecular weight excluding hydrogens is 527 g/mol. The number of furan rings is 1. The molecule has 0 unspecified atom stereocenters. The first-order valence-electron chi connectivity index (χ1n) is 15.1. The zero-order valence-corrected chi connectivity index (χ0v) is 24.3. The van der Waals surface area contributed by atoms with Crippen LogP contribution in [0.5, 0.6) is 0 Å². The molecule has 6 rings (SSSR count). The number of halogens is 1. The highest BCUT2D eigenvalue weighted by molar-refractivity contribution is 6.13. The van der Waals surface area contributed by atoms with Gasteiger partial charge < -0.3 is 14.6 Å². The zero-order valence-electron chi connectivity index (χ0n) is 24.3. The van der Waals surface area contributed by atoms with Crippen LogP contribution in [0.15, 0.2) is 82.3 Å². The summed E-state index contributed by atoms with van der Waals surface area (Å²) in [6.07, 6.45) is 19.8. The average Bonchev–Trinajstić information content (AvgIpc) is 3.46. The standard InChI is InChI=1S/C36H37FN2O3/c1-23-11-12-25(13-14-27(20-23)24-8-5-3-4-6-9-24)29-21-30-32(22-31(29)39-19-7-10-33(39)40)42-35(34(30)36(41)38-2)26-15-17-28(37)18-16-26/h11-18,20-22,24H,3-10,19H2,1-2H3,(H,38,41)/b12-11?,14-13?,23-11?,23-20-,25-12?,25-13?,27-14+,27-20?. The van der Waals surface area contributed by atoms with Crippen LogP contribution < -0.4 is 10.2 Å². The molecule has 1 saturated heterocycles. The molecule has 2 heterocycles. The number of benzene rings is 2. The number of rotatable bonds is 5. The van der Waals surface area contributed by atoms with E-state index in [0.29, 0.717) is 46.7 Å². The Bertz CT molecular complexity index is 1650. The van der Waals surface area contributed by atoms with Gasteiger partial charge in [0, 0.05) is 42.6 Å². The fraction of sp³-hybridized carbons (Fsp3) is 0.333. The van der Waals surface area contributed by atoms with E-state index in [4.69, 9.17) is 4.42 Å². The second-order valence-electron chi connectivity index (χ2n) is 11.6. The number of amides is 2. The quantitative estimate of drug-likeness (QED) is 0.316. The maximum Gasteiger partial charge on any atom is 0.255 e. The average molecular weight is 565 g/mol. The molecule has 0 spiro atoms. The van der Waals surface area contributed by atoms with E-state index in [1.54, 1.807) is 19.2 Å². The first kappa shape index (κ1) is 28.0. The Morgan fingerprint density at radius 2 is 1.76 bits per heavy atom. The van der Waals surface area contributed by atoms with E-state index in [-0.39, 0.29) is 17.6 Å². The molecule has 2 aromatic carbocycles. The number of anilines is 1. The van der Waals surface area contributed by atoms with Crippen molar-refractivity contribution in [3.63, 3.8) is 0 Å². The van der Waals surface area contributed by atoms with Crippen molar-refractivity contribution < 1.29 is 18.4 Å². The summed E-state index contributed by atoms with van der Waals surface area (Å²) in [6.45, 7) is 2.76. The van der Waals surface area contributed by atoms with Crippen LogP contribution in [0.1, 0.15) is 74.2 Å². The fourth-order valence-corrected chi connectivity index (χ4v) is 6.51. The SMILES string of the molecule is CNC(=O)c1c(-c2ccc(F)cc2)oc2cc(N3CCCC3=O)c(C3=C/C=C(C4CCCCCC4)\C=C(\C)C=C3)cc12. The molecule has 2 aliphatic carbocycles. The Morgan fingerprint density at radius 1 is 1.00 bits per heavy atom. The van der Waals surface area contributed by atoms with Gasteiger partial charge in [0.25, 0.3) is 5.91 Å². The molecule has 3 aromatic rings. The number of nitrogens with zero attached hydrogens (tertiary/aromatic N) is 1. The van der Waals surface area contributed by atoms with Crippen LogP contribution in [-0.2, 0) is 4.79 Å². The number of hydrogen-bond acceptors (Lipinski definition) is 3. The summed E-state index contributed by atoms with van der Waals surface area (Å²) in [5.41, 5.74) is 6.65. The Labute approximate surface area is 246 Å². The summed E-state index contributed by atoms with van der Waals surface area (Å²) in [4.78, 5) is 28.1. The normalized spacial score (nSPS) is 20.8. The molecule has 1 saturated carbocycles. The molecule has 2 amide bonds. The first-order valence-corrected chi connectivity index (χ1v) is 15.1. The van der Waals surface area contributed by atoms with Gasteiger partial charge in [-0.25, -0.2) is 4.39 Å². The van der Waals surface area contributed by atoms with Crippen molar-refractivity contribution in [2.24, 2.45) is 5.92 Å². The van der Waals surface area contributed by atoms with Gasteiger partial charge in [-0.05, 0) is 73.6 Å². The molecule has 1 aromatic heterocycles. The van der Waals surface area contributed by atoms with Crippen LogP contribution in [-0.4, -0.2) is 25.4 Å². The number of allylic oxidation sites excluding steroid dienone is 8. The van der Waals surface area contributed by atoms with E-state index in [1.165, 1.54) is 61.8 Å². The molecular formula is C36H37FN2O3. The van der Waals surface area contributed by atoms with Crippen LogP contribution in [0.4, 0.5) is 10.1 Å². The lowest BCUT2D eigenvalue weighted by Gasteiger charge is -2.21. The lowest BCUT2D eigenvalue weighted by Crippen LogP contribution is -2.24. The van der Waals surface area contributed by atoms with Gasteiger partial charge in [-0.3, -0.25) is 9.59 Å². The first-order chi connectivity index (χ1) is 20.4. The van der Waals surface area contributed by atoms with Crippen molar-refractivity contribution in [2.45, 2.75) is 58.3 Å². The van der Waals surface area contributed by atoms with Crippen molar-refractivity contribution in [3.8, 4) is 11.3 Å². The van der Waals surface area contributed by atoms with Gasteiger partial charge in [-0.2, -0.15) is 0 Å². The summed E-state index contributed by atoms with van der Waals surface area (Å²) in [6, 6.07) is 9.80. The van der Waals surface area contributed by atoms with E-state index in [9.17, 15) is 14.0 Å². The number of nitrogens with one attached hydrogen (secondary N) is 1. The van der Waals surface area contributed by atoms with Crippen molar-refractivity contribution >= 4 is 34.0 Å². The van der Waals surface area contributed by atoms with E-state index < -0.39 is 0 Å². The number of hydrogen-bond donors (Lipinski definition) is 1.